The van der Waals surface area contributed by atoms with Crippen LogP contribution in [0.2, 0.25) is 0 Å². The normalized spacial score (nSPS) is 16.9. The summed E-state index contributed by atoms with van der Waals surface area (Å²) in [5, 5.41) is 9.18. The molecule has 4 nitrogen and oxygen atoms in total. The van der Waals surface area contributed by atoms with E-state index in [9.17, 15) is 5.11 Å². The molecule has 0 amide bonds. The van der Waals surface area contributed by atoms with Gasteiger partial charge in [0.25, 0.3) is 0 Å². The van der Waals surface area contributed by atoms with Gasteiger partial charge < -0.3 is 15.6 Å². The number of hydrogen-bond donors (Lipinski definition) is 2. The van der Waals surface area contributed by atoms with Crippen LogP contribution >= 0.6 is 0 Å². The molecule has 4 heteroatoms. The summed E-state index contributed by atoms with van der Waals surface area (Å²) in [5.41, 5.74) is 7.11. The van der Waals surface area contributed by atoms with Gasteiger partial charge in [0.2, 0.25) is 0 Å². The molecule has 0 heterocycles. The van der Waals surface area contributed by atoms with Gasteiger partial charge in [-0.2, -0.15) is 0 Å². The van der Waals surface area contributed by atoms with Gasteiger partial charge in [-0.05, 0) is 30.5 Å². The molecular weight excluding hydrogens is 228 g/mol. The van der Waals surface area contributed by atoms with Crippen molar-refractivity contribution in [2.24, 2.45) is 5.73 Å². The molecule has 0 spiro atoms. The molecule has 0 radical (unpaired) electrons. The molecule has 0 saturated heterocycles. The van der Waals surface area contributed by atoms with E-state index in [0.717, 1.165) is 5.75 Å². The zero-order valence-electron chi connectivity index (χ0n) is 10.9. The molecule has 1 unspecified atom stereocenters. The van der Waals surface area contributed by atoms with E-state index in [4.69, 9.17) is 10.5 Å². The number of methoxy groups -OCH3 is 1. The Balaban J connectivity index is 2.14. The van der Waals surface area contributed by atoms with Gasteiger partial charge in [-0.15, -0.1) is 0 Å². The topological polar surface area (TPSA) is 58.7 Å². The van der Waals surface area contributed by atoms with E-state index < -0.39 is 0 Å². The number of hydrogen-bond acceptors (Lipinski definition) is 4. The Kier molecular flexibility index (Phi) is 4.58. The predicted octanol–water partition coefficient (Wildman–Crippen LogP) is 1.15. The van der Waals surface area contributed by atoms with Gasteiger partial charge in [-0.25, -0.2) is 0 Å². The minimum Gasteiger partial charge on any atom is -0.497 e. The van der Waals surface area contributed by atoms with Crippen molar-refractivity contribution in [3.05, 3.63) is 29.8 Å². The van der Waals surface area contributed by atoms with Crippen molar-refractivity contribution in [3.63, 3.8) is 0 Å². The summed E-state index contributed by atoms with van der Waals surface area (Å²) < 4.78 is 5.17. The van der Waals surface area contributed by atoms with E-state index in [1.54, 1.807) is 7.11 Å². The van der Waals surface area contributed by atoms with Crippen LogP contribution < -0.4 is 10.5 Å². The monoisotopic (exact) mass is 250 g/mol. The van der Waals surface area contributed by atoms with Crippen molar-refractivity contribution in [2.45, 2.75) is 24.9 Å². The fourth-order valence-electron chi connectivity index (χ4n) is 2.40. The van der Waals surface area contributed by atoms with Crippen molar-refractivity contribution in [2.75, 3.05) is 26.8 Å². The van der Waals surface area contributed by atoms with E-state index in [1.165, 1.54) is 18.4 Å². The lowest BCUT2D eigenvalue weighted by Crippen LogP contribution is -2.37. The highest BCUT2D eigenvalue weighted by Crippen LogP contribution is 2.34. The quantitative estimate of drug-likeness (QED) is 0.762. The molecule has 3 N–H and O–H groups in total. The van der Waals surface area contributed by atoms with Gasteiger partial charge in [0.05, 0.1) is 13.7 Å². The van der Waals surface area contributed by atoms with Crippen LogP contribution in [-0.4, -0.2) is 42.9 Å². The maximum Gasteiger partial charge on any atom is 0.118 e. The summed E-state index contributed by atoms with van der Waals surface area (Å²) in [6.45, 7) is 1.45. The summed E-state index contributed by atoms with van der Waals surface area (Å²) in [6, 6.07) is 8.82. The maximum absolute atomic E-state index is 9.18. The Bertz CT molecular complexity index is 363. The predicted molar refractivity (Wildman–Crippen MR) is 71.6 cm³/mol. The standard InChI is InChI=1S/C14H22N2O2/c1-18-13-6-2-11(3-7-13)14(10-15)16(8-9-17)12-4-5-12/h2-3,6-7,12,14,17H,4-5,8-10,15H2,1H3. The summed E-state index contributed by atoms with van der Waals surface area (Å²) in [6.07, 6.45) is 2.43. The first-order chi connectivity index (χ1) is 8.80. The van der Waals surface area contributed by atoms with Gasteiger partial charge in [0, 0.05) is 25.2 Å². The first-order valence-electron chi connectivity index (χ1n) is 6.50. The molecule has 0 aromatic heterocycles. The maximum atomic E-state index is 9.18. The fourth-order valence-corrected chi connectivity index (χ4v) is 2.40. The van der Waals surface area contributed by atoms with E-state index in [-0.39, 0.29) is 12.6 Å². The third-order valence-electron chi connectivity index (χ3n) is 3.50. The van der Waals surface area contributed by atoms with Crippen molar-refractivity contribution < 1.29 is 9.84 Å². The highest BCUT2D eigenvalue weighted by Gasteiger charge is 2.33. The molecule has 0 bridgehead atoms. The summed E-state index contributed by atoms with van der Waals surface area (Å²) in [5.74, 6) is 0.856. The molecular formula is C14H22N2O2. The fraction of sp³-hybridized carbons (Fsp3) is 0.571. The number of rotatable bonds is 7. The Hall–Kier alpha value is -1.10. The van der Waals surface area contributed by atoms with E-state index in [1.807, 2.05) is 12.1 Å². The number of benzene rings is 1. The third kappa shape index (κ3) is 3.02. The van der Waals surface area contributed by atoms with Crippen LogP contribution in [0.15, 0.2) is 24.3 Å². The number of nitrogens with zero attached hydrogens (tertiary/aromatic N) is 1. The van der Waals surface area contributed by atoms with Gasteiger partial charge in [-0.1, -0.05) is 12.1 Å². The first-order valence-corrected chi connectivity index (χ1v) is 6.50. The molecule has 1 aliphatic rings. The van der Waals surface area contributed by atoms with Crippen LogP contribution in [0.3, 0.4) is 0 Å². The van der Waals surface area contributed by atoms with Crippen LogP contribution in [0.5, 0.6) is 5.75 Å². The summed E-state index contributed by atoms with van der Waals surface area (Å²) in [7, 11) is 1.66. The van der Waals surface area contributed by atoms with E-state index >= 15 is 0 Å². The molecule has 1 atom stereocenters. The SMILES string of the molecule is COc1ccc(C(CN)N(CCO)C2CC2)cc1. The molecule has 1 saturated carbocycles. The Morgan fingerprint density at radius 1 is 1.39 bits per heavy atom. The Morgan fingerprint density at radius 2 is 2.06 bits per heavy atom. The Morgan fingerprint density at radius 3 is 2.50 bits per heavy atom. The number of ether oxygens (including phenoxy) is 1. The van der Waals surface area contributed by atoms with Gasteiger partial charge in [-0.3, -0.25) is 4.90 Å². The lowest BCUT2D eigenvalue weighted by molar-refractivity contribution is 0.145. The highest BCUT2D eigenvalue weighted by atomic mass is 16.5. The average Bonchev–Trinajstić information content (AvgIpc) is 3.23. The minimum atomic E-state index is 0.184. The summed E-state index contributed by atoms with van der Waals surface area (Å²) >= 11 is 0. The molecule has 1 aliphatic carbocycles. The molecule has 0 aliphatic heterocycles. The molecule has 1 aromatic rings. The van der Waals surface area contributed by atoms with Crippen LogP contribution in [0.4, 0.5) is 0 Å². The van der Waals surface area contributed by atoms with E-state index in [2.05, 4.69) is 17.0 Å². The van der Waals surface area contributed by atoms with Crippen LogP contribution in [0.25, 0.3) is 0 Å². The van der Waals surface area contributed by atoms with Gasteiger partial charge in [0.15, 0.2) is 0 Å². The van der Waals surface area contributed by atoms with Crippen LogP contribution in [-0.2, 0) is 0 Å². The first kappa shape index (κ1) is 13.3. The van der Waals surface area contributed by atoms with Gasteiger partial charge in [0.1, 0.15) is 5.75 Å². The lowest BCUT2D eigenvalue weighted by Gasteiger charge is -2.30. The smallest absolute Gasteiger partial charge is 0.118 e. The van der Waals surface area contributed by atoms with Crippen molar-refractivity contribution in [3.8, 4) is 5.75 Å². The Labute approximate surface area is 108 Å². The largest absolute Gasteiger partial charge is 0.497 e. The van der Waals surface area contributed by atoms with Crippen molar-refractivity contribution in [1.82, 2.24) is 4.90 Å². The molecule has 1 fully saturated rings. The minimum absolute atomic E-state index is 0.184. The molecule has 2 rings (SSSR count). The van der Waals surface area contributed by atoms with Gasteiger partial charge >= 0.3 is 0 Å². The number of aliphatic hydroxyl groups excluding tert-OH is 1. The van der Waals surface area contributed by atoms with Crippen molar-refractivity contribution in [1.29, 1.82) is 0 Å². The zero-order valence-corrected chi connectivity index (χ0v) is 10.9. The molecule has 100 valence electrons. The van der Waals surface area contributed by atoms with Crippen LogP contribution in [0.1, 0.15) is 24.4 Å². The number of aliphatic hydroxyl groups is 1. The van der Waals surface area contributed by atoms with Crippen molar-refractivity contribution >= 4 is 0 Å². The third-order valence-corrected chi connectivity index (χ3v) is 3.50. The summed E-state index contributed by atoms with van der Waals surface area (Å²) in [4.78, 5) is 2.32. The number of nitrogens with two attached hydrogens (primary N) is 1. The lowest BCUT2D eigenvalue weighted by atomic mass is 10.0. The molecule has 1 aromatic carbocycles. The second-order valence-electron chi connectivity index (χ2n) is 4.72. The molecule has 18 heavy (non-hydrogen) atoms. The highest BCUT2D eigenvalue weighted by molar-refractivity contribution is 5.29. The zero-order chi connectivity index (χ0) is 13.0. The van der Waals surface area contributed by atoms with E-state index in [0.29, 0.717) is 19.1 Å². The second kappa shape index (κ2) is 6.18. The second-order valence-corrected chi connectivity index (χ2v) is 4.72. The van der Waals surface area contributed by atoms with Crippen LogP contribution in [0, 0.1) is 0 Å². The average molecular weight is 250 g/mol.